The third-order valence-corrected chi connectivity index (χ3v) is 2.16. The summed E-state index contributed by atoms with van der Waals surface area (Å²) < 4.78 is 0. The first-order valence-corrected chi connectivity index (χ1v) is 4.66. The second-order valence-corrected chi connectivity index (χ2v) is 3.24. The normalized spacial score (nSPS) is 12.8. The molecule has 72 valence electrons. The Morgan fingerprint density at radius 1 is 1.38 bits per heavy atom. The Labute approximate surface area is 79.2 Å². The monoisotopic (exact) mass is 179 g/mol. The quantitative estimate of drug-likeness (QED) is 0.693. The highest BCUT2D eigenvalue weighted by Crippen LogP contribution is 2.08. The average molecular weight is 179 g/mol. The van der Waals surface area contributed by atoms with Gasteiger partial charge >= 0.3 is 0 Å². The summed E-state index contributed by atoms with van der Waals surface area (Å²) in [5.74, 6) is 0.495. The number of pyridine rings is 1. The summed E-state index contributed by atoms with van der Waals surface area (Å²) in [5, 5.41) is 0. The molecular weight excluding hydrogens is 162 g/mol. The molecule has 0 spiro atoms. The van der Waals surface area contributed by atoms with Crippen LogP contribution in [0.4, 0.5) is 0 Å². The second kappa shape index (κ2) is 5.67. The highest BCUT2D eigenvalue weighted by Gasteiger charge is 2.06. The largest absolute Gasteiger partial charge is 0.330 e. The summed E-state index contributed by atoms with van der Waals surface area (Å²) in [7, 11) is 0. The minimum atomic E-state index is 0.495. The van der Waals surface area contributed by atoms with E-state index in [0.29, 0.717) is 19.0 Å². The zero-order valence-electron chi connectivity index (χ0n) is 7.82. The zero-order valence-corrected chi connectivity index (χ0v) is 7.82. The molecule has 0 aromatic carbocycles. The summed E-state index contributed by atoms with van der Waals surface area (Å²) in [6.07, 6.45) is 5.65. The van der Waals surface area contributed by atoms with Gasteiger partial charge in [0.05, 0.1) is 0 Å². The minimum absolute atomic E-state index is 0.495. The van der Waals surface area contributed by atoms with E-state index in [0.717, 1.165) is 12.8 Å². The lowest BCUT2D eigenvalue weighted by molar-refractivity contribution is 0.500. The summed E-state index contributed by atoms with van der Waals surface area (Å²) in [6, 6.07) is 4.03. The van der Waals surface area contributed by atoms with Crippen molar-refractivity contribution in [1.29, 1.82) is 0 Å². The highest BCUT2D eigenvalue weighted by atomic mass is 14.6. The topological polar surface area (TPSA) is 64.9 Å². The van der Waals surface area contributed by atoms with Gasteiger partial charge in [-0.2, -0.15) is 0 Å². The Kier molecular flexibility index (Phi) is 4.43. The van der Waals surface area contributed by atoms with Gasteiger partial charge in [0.1, 0.15) is 0 Å². The third kappa shape index (κ3) is 3.53. The smallest absolute Gasteiger partial charge is 0.0299 e. The molecule has 0 aliphatic rings. The number of rotatable bonds is 5. The van der Waals surface area contributed by atoms with Crippen molar-refractivity contribution >= 4 is 0 Å². The Morgan fingerprint density at radius 2 is 2.23 bits per heavy atom. The van der Waals surface area contributed by atoms with Gasteiger partial charge in [0.2, 0.25) is 0 Å². The van der Waals surface area contributed by atoms with Crippen LogP contribution < -0.4 is 11.5 Å². The van der Waals surface area contributed by atoms with Gasteiger partial charge in [0.25, 0.3) is 0 Å². The van der Waals surface area contributed by atoms with E-state index in [2.05, 4.69) is 11.1 Å². The van der Waals surface area contributed by atoms with Crippen molar-refractivity contribution in [2.75, 3.05) is 13.1 Å². The van der Waals surface area contributed by atoms with E-state index < -0.39 is 0 Å². The Hall–Kier alpha value is -0.930. The summed E-state index contributed by atoms with van der Waals surface area (Å²) in [4.78, 5) is 4.06. The van der Waals surface area contributed by atoms with E-state index >= 15 is 0 Å². The molecular formula is C10H17N3. The van der Waals surface area contributed by atoms with Crippen LogP contribution in [0.1, 0.15) is 12.0 Å². The van der Waals surface area contributed by atoms with E-state index in [4.69, 9.17) is 11.5 Å². The van der Waals surface area contributed by atoms with Gasteiger partial charge in [0, 0.05) is 12.4 Å². The molecule has 3 heteroatoms. The Bertz CT molecular complexity index is 223. The molecule has 0 aliphatic heterocycles. The number of nitrogens with two attached hydrogens (primary N) is 2. The molecule has 1 aromatic heterocycles. The van der Waals surface area contributed by atoms with Crippen molar-refractivity contribution in [3.05, 3.63) is 30.1 Å². The maximum Gasteiger partial charge on any atom is 0.0299 e. The molecule has 1 unspecified atom stereocenters. The van der Waals surface area contributed by atoms with Crippen LogP contribution in [-0.4, -0.2) is 18.1 Å². The van der Waals surface area contributed by atoms with Crippen LogP contribution in [0.25, 0.3) is 0 Å². The predicted molar refractivity (Wildman–Crippen MR) is 54.2 cm³/mol. The molecule has 1 rings (SSSR count). The second-order valence-electron chi connectivity index (χ2n) is 3.24. The van der Waals surface area contributed by atoms with Gasteiger partial charge in [-0.05, 0) is 43.5 Å². The van der Waals surface area contributed by atoms with Crippen molar-refractivity contribution in [3.8, 4) is 0 Å². The Balaban J connectivity index is 2.46. The van der Waals surface area contributed by atoms with E-state index in [1.807, 2.05) is 12.3 Å². The van der Waals surface area contributed by atoms with Crippen molar-refractivity contribution in [2.45, 2.75) is 12.8 Å². The molecule has 3 nitrogen and oxygen atoms in total. The lowest BCUT2D eigenvalue weighted by Gasteiger charge is -2.12. The lowest BCUT2D eigenvalue weighted by atomic mass is 9.97. The van der Waals surface area contributed by atoms with Crippen LogP contribution in [0.5, 0.6) is 0 Å². The number of aromatic nitrogens is 1. The molecule has 13 heavy (non-hydrogen) atoms. The SMILES string of the molecule is NCCC(CN)Cc1cccnc1. The van der Waals surface area contributed by atoms with Gasteiger partial charge in [-0.3, -0.25) is 4.98 Å². The standard InChI is InChI=1S/C10H17N3/c11-4-3-9(7-12)6-10-2-1-5-13-8-10/h1-2,5,8-9H,3-4,6-7,11-12H2. The zero-order chi connectivity index (χ0) is 9.52. The molecule has 1 heterocycles. The fraction of sp³-hybridized carbons (Fsp3) is 0.500. The first-order chi connectivity index (χ1) is 6.36. The average Bonchev–Trinajstić information content (AvgIpc) is 2.19. The van der Waals surface area contributed by atoms with Crippen LogP contribution in [0.2, 0.25) is 0 Å². The fourth-order valence-corrected chi connectivity index (χ4v) is 1.39. The third-order valence-electron chi connectivity index (χ3n) is 2.16. The molecule has 0 fully saturated rings. The van der Waals surface area contributed by atoms with Gasteiger partial charge in [0.15, 0.2) is 0 Å². The van der Waals surface area contributed by atoms with Crippen LogP contribution in [0.3, 0.4) is 0 Å². The minimum Gasteiger partial charge on any atom is -0.330 e. The molecule has 0 aliphatic carbocycles. The van der Waals surface area contributed by atoms with Gasteiger partial charge in [-0.1, -0.05) is 6.07 Å². The summed E-state index contributed by atoms with van der Waals surface area (Å²) >= 11 is 0. The molecule has 0 bridgehead atoms. The molecule has 0 saturated carbocycles. The molecule has 1 aromatic rings. The van der Waals surface area contributed by atoms with Crippen LogP contribution in [0.15, 0.2) is 24.5 Å². The first kappa shape index (κ1) is 10.2. The predicted octanol–water partition coefficient (Wildman–Crippen LogP) is 0.548. The van der Waals surface area contributed by atoms with Crippen molar-refractivity contribution in [2.24, 2.45) is 17.4 Å². The van der Waals surface area contributed by atoms with Gasteiger partial charge in [-0.15, -0.1) is 0 Å². The number of nitrogens with zero attached hydrogens (tertiary/aromatic N) is 1. The Morgan fingerprint density at radius 3 is 2.77 bits per heavy atom. The molecule has 0 amide bonds. The maximum atomic E-state index is 5.63. The lowest BCUT2D eigenvalue weighted by Crippen LogP contribution is -2.20. The van der Waals surface area contributed by atoms with Crippen LogP contribution >= 0.6 is 0 Å². The summed E-state index contributed by atoms with van der Waals surface area (Å²) in [5.41, 5.74) is 12.4. The first-order valence-electron chi connectivity index (χ1n) is 4.66. The fourth-order valence-electron chi connectivity index (χ4n) is 1.39. The van der Waals surface area contributed by atoms with E-state index in [1.54, 1.807) is 6.20 Å². The van der Waals surface area contributed by atoms with E-state index in [-0.39, 0.29) is 0 Å². The van der Waals surface area contributed by atoms with E-state index in [1.165, 1.54) is 5.56 Å². The van der Waals surface area contributed by atoms with Crippen molar-refractivity contribution < 1.29 is 0 Å². The van der Waals surface area contributed by atoms with E-state index in [9.17, 15) is 0 Å². The molecule has 0 radical (unpaired) electrons. The number of hydrogen-bond donors (Lipinski definition) is 2. The number of hydrogen-bond acceptors (Lipinski definition) is 3. The highest BCUT2D eigenvalue weighted by molar-refractivity contribution is 5.09. The van der Waals surface area contributed by atoms with Crippen molar-refractivity contribution in [3.63, 3.8) is 0 Å². The van der Waals surface area contributed by atoms with Crippen molar-refractivity contribution in [1.82, 2.24) is 4.98 Å². The molecule has 1 atom stereocenters. The van der Waals surface area contributed by atoms with Gasteiger partial charge in [-0.25, -0.2) is 0 Å². The van der Waals surface area contributed by atoms with Gasteiger partial charge < -0.3 is 11.5 Å². The maximum absolute atomic E-state index is 5.63. The molecule has 0 saturated heterocycles. The van der Waals surface area contributed by atoms with Crippen LogP contribution in [-0.2, 0) is 6.42 Å². The summed E-state index contributed by atoms with van der Waals surface area (Å²) in [6.45, 7) is 1.41. The van der Waals surface area contributed by atoms with Crippen LogP contribution in [0, 0.1) is 5.92 Å². The molecule has 4 N–H and O–H groups in total.